The Bertz CT molecular complexity index is 669. The number of hydrogen-bond donors (Lipinski definition) is 1. The summed E-state index contributed by atoms with van der Waals surface area (Å²) in [5.74, 6) is -1.46. The summed E-state index contributed by atoms with van der Waals surface area (Å²) in [5.41, 5.74) is 7.84. The molecule has 2 saturated carbocycles. The molecule has 0 amide bonds. The van der Waals surface area contributed by atoms with Crippen LogP contribution in [0.15, 0.2) is 15.4 Å². The molecule has 0 atom stereocenters. The molecule has 0 aromatic carbocycles. The van der Waals surface area contributed by atoms with E-state index in [0.29, 0.717) is 37.5 Å². The van der Waals surface area contributed by atoms with Gasteiger partial charge in [-0.1, -0.05) is 5.16 Å². The van der Waals surface area contributed by atoms with Gasteiger partial charge in [0.15, 0.2) is 5.82 Å². The second-order valence-corrected chi connectivity index (χ2v) is 7.44. The summed E-state index contributed by atoms with van der Waals surface area (Å²) >= 11 is 1.51. The summed E-state index contributed by atoms with van der Waals surface area (Å²) in [4.78, 5) is 8.62. The molecule has 2 fully saturated rings. The zero-order chi connectivity index (χ0) is 15.4. The molecule has 22 heavy (non-hydrogen) atoms. The number of nitrogens with zero attached hydrogens (tertiary/aromatic N) is 3. The Kier molecular flexibility index (Phi) is 2.93. The van der Waals surface area contributed by atoms with Crippen LogP contribution in [0, 0.1) is 5.41 Å². The molecule has 0 unspecified atom stereocenters. The number of hydrogen-bond acceptors (Lipinski definition) is 6. The van der Waals surface area contributed by atoms with Crippen molar-refractivity contribution in [1.82, 2.24) is 15.1 Å². The van der Waals surface area contributed by atoms with Crippen molar-refractivity contribution < 1.29 is 13.3 Å². The third-order valence-corrected chi connectivity index (χ3v) is 5.46. The fraction of sp³-hybridized carbons (Fsp3) is 0.643. The van der Waals surface area contributed by atoms with Crippen LogP contribution in [0.4, 0.5) is 8.78 Å². The van der Waals surface area contributed by atoms with E-state index in [1.165, 1.54) is 11.3 Å². The smallest absolute Gasteiger partial charge is 0.249 e. The highest BCUT2D eigenvalue weighted by molar-refractivity contribution is 7.07. The van der Waals surface area contributed by atoms with Gasteiger partial charge in [-0.05, 0) is 18.3 Å². The summed E-state index contributed by atoms with van der Waals surface area (Å²) in [5, 5.41) is 5.92. The Morgan fingerprint density at radius 1 is 1.27 bits per heavy atom. The fourth-order valence-electron chi connectivity index (χ4n) is 4.09. The zero-order valence-corrected chi connectivity index (χ0v) is 12.7. The van der Waals surface area contributed by atoms with Crippen LogP contribution in [0.2, 0.25) is 0 Å². The summed E-state index contributed by atoms with van der Waals surface area (Å²) in [6.45, 7) is 0.346. The number of alkyl halides is 2. The Labute approximate surface area is 129 Å². The molecular formula is C14H16F2N4OS. The predicted molar refractivity (Wildman–Crippen MR) is 75.8 cm³/mol. The molecule has 8 heteroatoms. The van der Waals surface area contributed by atoms with E-state index in [9.17, 15) is 8.78 Å². The normalized spacial score (nSPS) is 24.0. The number of halogens is 2. The molecule has 5 nitrogen and oxygen atoms in total. The third kappa shape index (κ3) is 2.16. The van der Waals surface area contributed by atoms with Crippen LogP contribution < -0.4 is 5.73 Å². The van der Waals surface area contributed by atoms with Crippen LogP contribution in [0.5, 0.6) is 0 Å². The second-order valence-electron chi connectivity index (χ2n) is 6.72. The van der Waals surface area contributed by atoms with Crippen LogP contribution in [0.1, 0.15) is 43.1 Å². The van der Waals surface area contributed by atoms with Gasteiger partial charge in [-0.2, -0.15) is 4.98 Å². The average Bonchev–Trinajstić information content (AvgIpc) is 3.04. The molecule has 2 heterocycles. The monoisotopic (exact) mass is 326 g/mol. The third-order valence-electron chi connectivity index (χ3n) is 4.83. The molecule has 118 valence electrons. The highest BCUT2D eigenvalue weighted by Crippen LogP contribution is 2.68. The number of aromatic nitrogens is 3. The van der Waals surface area contributed by atoms with Crippen molar-refractivity contribution in [2.24, 2.45) is 11.1 Å². The largest absolute Gasteiger partial charge is 0.339 e. The van der Waals surface area contributed by atoms with Crippen molar-refractivity contribution in [1.29, 1.82) is 0 Å². The van der Waals surface area contributed by atoms with Crippen LogP contribution in [0.3, 0.4) is 0 Å². The lowest BCUT2D eigenvalue weighted by atomic mass is 9.44. The Hall–Kier alpha value is -1.41. The second kappa shape index (κ2) is 4.55. The molecule has 2 N–H and O–H groups in total. The quantitative estimate of drug-likeness (QED) is 0.934. The van der Waals surface area contributed by atoms with E-state index in [4.69, 9.17) is 10.3 Å². The summed E-state index contributed by atoms with van der Waals surface area (Å²) < 4.78 is 31.7. The topological polar surface area (TPSA) is 77.8 Å². The molecule has 0 aliphatic heterocycles. The maximum absolute atomic E-state index is 13.1. The van der Waals surface area contributed by atoms with Gasteiger partial charge in [0.05, 0.1) is 23.0 Å². The van der Waals surface area contributed by atoms with E-state index in [1.807, 2.05) is 5.38 Å². The van der Waals surface area contributed by atoms with Crippen LogP contribution in [-0.4, -0.2) is 27.6 Å². The number of thiazole rings is 1. The lowest BCUT2D eigenvalue weighted by Crippen LogP contribution is -2.62. The van der Waals surface area contributed by atoms with Crippen molar-refractivity contribution in [3.05, 3.63) is 28.3 Å². The molecule has 0 saturated heterocycles. The first-order valence-corrected chi connectivity index (χ1v) is 8.17. The van der Waals surface area contributed by atoms with Gasteiger partial charge in [-0.15, -0.1) is 11.3 Å². The van der Waals surface area contributed by atoms with Gasteiger partial charge in [0, 0.05) is 24.8 Å². The van der Waals surface area contributed by atoms with Gasteiger partial charge in [-0.25, -0.2) is 13.8 Å². The highest BCUT2D eigenvalue weighted by atomic mass is 32.1. The first kappa shape index (κ1) is 14.2. The molecule has 4 rings (SSSR count). The molecule has 2 aliphatic rings. The number of nitrogens with two attached hydrogens (primary N) is 1. The maximum atomic E-state index is 13.1. The van der Waals surface area contributed by atoms with E-state index >= 15 is 0 Å². The molecule has 2 aromatic rings. The zero-order valence-electron chi connectivity index (χ0n) is 11.9. The van der Waals surface area contributed by atoms with E-state index in [-0.39, 0.29) is 18.3 Å². The molecule has 2 aromatic heterocycles. The SMILES string of the molecule is NCC1(c2nc(Cc3cscn3)no2)CC2(CC(F)(F)C2)C1. The molecular weight excluding hydrogens is 310 g/mol. The standard InChI is InChI=1S/C14H16F2N4OS/c15-14(16)5-12(6-14)3-13(4-12,7-17)11-19-10(20-21-11)1-9-2-22-8-18-9/h2,8H,1,3-7,17H2. The first-order chi connectivity index (χ1) is 10.4. The van der Waals surface area contributed by atoms with Gasteiger partial charge in [0.2, 0.25) is 11.8 Å². The van der Waals surface area contributed by atoms with E-state index in [2.05, 4.69) is 15.1 Å². The van der Waals surface area contributed by atoms with Crippen LogP contribution in [-0.2, 0) is 11.8 Å². The molecule has 0 radical (unpaired) electrons. The van der Waals surface area contributed by atoms with E-state index in [0.717, 1.165) is 5.69 Å². The van der Waals surface area contributed by atoms with Crippen molar-refractivity contribution in [3.63, 3.8) is 0 Å². The first-order valence-electron chi connectivity index (χ1n) is 7.22. The van der Waals surface area contributed by atoms with Crippen LogP contribution in [0.25, 0.3) is 0 Å². The molecule has 1 spiro atoms. The maximum Gasteiger partial charge on any atom is 0.249 e. The summed E-state index contributed by atoms with van der Waals surface area (Å²) in [6, 6.07) is 0. The summed E-state index contributed by atoms with van der Waals surface area (Å²) in [6.07, 6.45) is 1.66. The van der Waals surface area contributed by atoms with E-state index < -0.39 is 11.3 Å². The Balaban J connectivity index is 1.48. The van der Waals surface area contributed by atoms with E-state index in [1.54, 1.807) is 5.51 Å². The van der Waals surface area contributed by atoms with Crippen molar-refractivity contribution in [3.8, 4) is 0 Å². The van der Waals surface area contributed by atoms with Crippen LogP contribution >= 0.6 is 11.3 Å². The molecule has 0 bridgehead atoms. The van der Waals surface area contributed by atoms with Crippen molar-refractivity contribution in [2.75, 3.05) is 6.54 Å². The van der Waals surface area contributed by atoms with Gasteiger partial charge < -0.3 is 10.3 Å². The minimum atomic E-state index is -2.51. The minimum Gasteiger partial charge on any atom is -0.339 e. The van der Waals surface area contributed by atoms with Gasteiger partial charge in [0.25, 0.3) is 0 Å². The Morgan fingerprint density at radius 3 is 2.64 bits per heavy atom. The lowest BCUT2D eigenvalue weighted by Gasteiger charge is -2.61. The average molecular weight is 326 g/mol. The number of rotatable bonds is 4. The van der Waals surface area contributed by atoms with Gasteiger partial charge >= 0.3 is 0 Å². The lowest BCUT2D eigenvalue weighted by molar-refractivity contribution is -0.215. The fourth-order valence-corrected chi connectivity index (χ4v) is 4.65. The van der Waals surface area contributed by atoms with Crippen molar-refractivity contribution >= 4 is 11.3 Å². The highest BCUT2D eigenvalue weighted by Gasteiger charge is 2.68. The molecule has 2 aliphatic carbocycles. The van der Waals surface area contributed by atoms with Crippen molar-refractivity contribution in [2.45, 2.75) is 43.4 Å². The predicted octanol–water partition coefficient (Wildman–Crippen LogP) is 2.52. The van der Waals surface area contributed by atoms with Gasteiger partial charge in [-0.3, -0.25) is 0 Å². The minimum absolute atomic E-state index is 0.0401. The Morgan fingerprint density at radius 2 is 2.05 bits per heavy atom. The summed E-state index contributed by atoms with van der Waals surface area (Å²) in [7, 11) is 0. The van der Waals surface area contributed by atoms with Gasteiger partial charge in [0.1, 0.15) is 0 Å².